The monoisotopic (exact) mass is 101 g/mol. The molecule has 0 saturated heterocycles. The summed E-state index contributed by atoms with van der Waals surface area (Å²) in [5, 5.41) is 0. The minimum absolute atomic E-state index is 0.753. The molecule has 0 N–H and O–H groups in total. The Balaban J connectivity index is 2.54. The van der Waals surface area contributed by atoms with Crippen LogP contribution in [0.3, 0.4) is 0 Å². The van der Waals surface area contributed by atoms with Gasteiger partial charge in [-0.1, -0.05) is 0 Å². The Hall–Kier alpha value is -0.150. The molecule has 1 heteroatoms. The molecule has 0 aliphatic rings. The summed E-state index contributed by atoms with van der Waals surface area (Å²) in [7, 11) is 0. The molecule has 0 aliphatic heterocycles. The molecule has 0 bridgehead atoms. The van der Waals surface area contributed by atoms with Crippen molar-refractivity contribution in [2.75, 3.05) is 0 Å². The molecule has 0 unspecified atom stereocenters. The van der Waals surface area contributed by atoms with E-state index in [2.05, 4.69) is 5.92 Å². The highest BCUT2D eigenvalue weighted by atomic mass is 35.5. The molecule has 0 aromatic carbocycles. The largest absolute Gasteiger partial charge is 0.121 e. The molecular formula is C5H6Cl. The first-order valence-electron chi connectivity index (χ1n) is 1.77. The zero-order valence-corrected chi connectivity index (χ0v) is 4.20. The number of hydrogen-bond acceptors (Lipinski definition) is 0. The molecular weight excluding hydrogens is 95.5 g/mol. The number of terminal acetylenes is 1. The lowest BCUT2D eigenvalue weighted by Gasteiger charge is -1.77. The van der Waals surface area contributed by atoms with E-state index in [1.807, 2.05) is 0 Å². The molecule has 0 atom stereocenters. The molecule has 0 spiro atoms. The van der Waals surface area contributed by atoms with Crippen molar-refractivity contribution in [3.63, 3.8) is 0 Å². The van der Waals surface area contributed by atoms with Crippen LogP contribution in [0, 0.1) is 18.2 Å². The summed E-state index contributed by atoms with van der Waals surface area (Å²) >= 11 is 5.16. The van der Waals surface area contributed by atoms with Crippen molar-refractivity contribution in [3.05, 3.63) is 5.88 Å². The van der Waals surface area contributed by atoms with Gasteiger partial charge < -0.3 is 0 Å². The molecule has 33 valence electrons. The summed E-state index contributed by atoms with van der Waals surface area (Å²) in [5.74, 6) is 3.99. The Labute approximate surface area is 43.5 Å². The Morgan fingerprint density at radius 1 is 1.83 bits per heavy atom. The number of unbranched alkanes of at least 4 members (excludes halogenated alkanes) is 1. The highest BCUT2D eigenvalue weighted by molar-refractivity contribution is 6.23. The van der Waals surface area contributed by atoms with Gasteiger partial charge >= 0.3 is 0 Å². The number of hydrogen-bond donors (Lipinski definition) is 0. The van der Waals surface area contributed by atoms with Crippen LogP contribution in [0.5, 0.6) is 0 Å². The maximum atomic E-state index is 5.16. The third kappa shape index (κ3) is 3.85. The fourth-order valence-corrected chi connectivity index (χ4v) is 0.247. The lowest BCUT2D eigenvalue weighted by Crippen LogP contribution is -1.61. The van der Waals surface area contributed by atoms with Gasteiger partial charge in [0.05, 0.1) is 5.88 Å². The van der Waals surface area contributed by atoms with Crippen molar-refractivity contribution in [1.29, 1.82) is 0 Å². The van der Waals surface area contributed by atoms with E-state index in [0.29, 0.717) is 0 Å². The molecule has 0 aromatic rings. The normalized spacial score (nSPS) is 7.33. The van der Waals surface area contributed by atoms with Crippen LogP contribution in [0.15, 0.2) is 0 Å². The van der Waals surface area contributed by atoms with Crippen LogP contribution in [0.2, 0.25) is 0 Å². The quantitative estimate of drug-likeness (QED) is 0.368. The van der Waals surface area contributed by atoms with Gasteiger partial charge in [-0.2, -0.15) is 0 Å². The second-order valence-corrected chi connectivity index (χ2v) is 1.21. The molecule has 0 aromatic heterocycles. The van der Waals surface area contributed by atoms with E-state index < -0.39 is 0 Å². The fraction of sp³-hybridized carbons (Fsp3) is 0.400. The third-order valence-electron chi connectivity index (χ3n) is 0.398. The van der Waals surface area contributed by atoms with Gasteiger partial charge in [-0.15, -0.1) is 23.9 Å². The van der Waals surface area contributed by atoms with Gasteiger partial charge in [-0.25, -0.2) is 0 Å². The second kappa shape index (κ2) is 4.85. The van der Waals surface area contributed by atoms with E-state index in [1.54, 1.807) is 5.88 Å². The molecule has 0 heterocycles. The Bertz CT molecular complexity index is 51.4. The summed E-state index contributed by atoms with van der Waals surface area (Å²) in [6.07, 6.45) is 6.46. The number of rotatable bonds is 2. The Kier molecular flexibility index (Phi) is 4.73. The van der Waals surface area contributed by atoms with Gasteiger partial charge in [0.2, 0.25) is 0 Å². The van der Waals surface area contributed by atoms with Crippen molar-refractivity contribution in [3.8, 4) is 12.3 Å². The van der Waals surface area contributed by atoms with Gasteiger partial charge in [0.25, 0.3) is 0 Å². The molecule has 1 radical (unpaired) electrons. The van der Waals surface area contributed by atoms with Crippen molar-refractivity contribution < 1.29 is 0 Å². The SMILES string of the molecule is C#CCC[CH]Cl. The van der Waals surface area contributed by atoms with E-state index in [9.17, 15) is 0 Å². The molecule has 0 fully saturated rings. The maximum Gasteiger partial charge on any atom is 0.0509 e. The summed E-state index contributed by atoms with van der Waals surface area (Å²) in [6, 6.07) is 0. The van der Waals surface area contributed by atoms with Crippen LogP contribution in [-0.4, -0.2) is 0 Å². The lowest BCUT2D eigenvalue weighted by atomic mass is 10.4. The minimum atomic E-state index is 0.753. The van der Waals surface area contributed by atoms with Gasteiger partial charge in [0, 0.05) is 6.42 Å². The van der Waals surface area contributed by atoms with Crippen molar-refractivity contribution >= 4 is 11.6 Å². The molecule has 0 saturated carbocycles. The molecule has 0 rings (SSSR count). The van der Waals surface area contributed by atoms with Crippen molar-refractivity contribution in [1.82, 2.24) is 0 Å². The van der Waals surface area contributed by atoms with Crippen LogP contribution < -0.4 is 0 Å². The van der Waals surface area contributed by atoms with Gasteiger partial charge in [-0.3, -0.25) is 0 Å². The minimum Gasteiger partial charge on any atom is -0.121 e. The second-order valence-electron chi connectivity index (χ2n) is 0.897. The van der Waals surface area contributed by atoms with Crippen LogP contribution in [0.4, 0.5) is 0 Å². The van der Waals surface area contributed by atoms with Gasteiger partial charge in [-0.05, 0) is 6.42 Å². The maximum absolute atomic E-state index is 5.16. The van der Waals surface area contributed by atoms with E-state index in [0.717, 1.165) is 12.8 Å². The van der Waals surface area contributed by atoms with Crippen LogP contribution in [-0.2, 0) is 0 Å². The molecule has 0 nitrogen and oxygen atoms in total. The predicted molar refractivity (Wildman–Crippen MR) is 28.2 cm³/mol. The zero-order valence-electron chi connectivity index (χ0n) is 3.45. The molecule has 0 aliphatic carbocycles. The van der Waals surface area contributed by atoms with Crippen LogP contribution in [0.25, 0.3) is 0 Å². The smallest absolute Gasteiger partial charge is 0.0509 e. The average Bonchev–Trinajstić information content (AvgIpc) is 1.61. The third-order valence-corrected chi connectivity index (χ3v) is 0.616. The first kappa shape index (κ1) is 5.85. The predicted octanol–water partition coefficient (Wildman–Crippen LogP) is 1.80. The number of halogens is 1. The standard InChI is InChI=1S/C5H6Cl/c1-2-3-4-5-6/h1,5H,3-4H2. The van der Waals surface area contributed by atoms with Crippen molar-refractivity contribution in [2.45, 2.75) is 12.8 Å². The van der Waals surface area contributed by atoms with E-state index in [1.165, 1.54) is 0 Å². The fourth-order valence-electron chi connectivity index (χ4n) is 0.138. The Morgan fingerprint density at radius 3 is 2.67 bits per heavy atom. The highest BCUT2D eigenvalue weighted by Gasteiger charge is 1.74. The van der Waals surface area contributed by atoms with E-state index >= 15 is 0 Å². The summed E-state index contributed by atoms with van der Waals surface area (Å²) < 4.78 is 0. The van der Waals surface area contributed by atoms with Crippen molar-refractivity contribution in [2.24, 2.45) is 0 Å². The summed E-state index contributed by atoms with van der Waals surface area (Å²) in [4.78, 5) is 0. The summed E-state index contributed by atoms with van der Waals surface area (Å²) in [6.45, 7) is 0. The Morgan fingerprint density at radius 2 is 2.50 bits per heavy atom. The summed E-state index contributed by atoms with van der Waals surface area (Å²) in [5.41, 5.74) is 0. The van der Waals surface area contributed by atoms with Gasteiger partial charge in [0.15, 0.2) is 0 Å². The topological polar surface area (TPSA) is 0 Å². The lowest BCUT2D eigenvalue weighted by molar-refractivity contribution is 1.06. The first-order valence-corrected chi connectivity index (χ1v) is 2.21. The van der Waals surface area contributed by atoms with Crippen LogP contribution >= 0.6 is 11.6 Å². The molecule has 0 amide bonds. The average molecular weight is 102 g/mol. The highest BCUT2D eigenvalue weighted by Crippen LogP contribution is 1.93. The van der Waals surface area contributed by atoms with E-state index in [4.69, 9.17) is 18.0 Å². The first-order chi connectivity index (χ1) is 2.91. The van der Waals surface area contributed by atoms with Crippen LogP contribution in [0.1, 0.15) is 12.8 Å². The van der Waals surface area contributed by atoms with Gasteiger partial charge in [0.1, 0.15) is 0 Å². The molecule has 6 heavy (non-hydrogen) atoms. The zero-order chi connectivity index (χ0) is 4.83. The van der Waals surface area contributed by atoms with E-state index in [-0.39, 0.29) is 0 Å².